The van der Waals surface area contributed by atoms with Gasteiger partial charge in [0.05, 0.1) is 12.6 Å². The number of hydrogen-bond acceptors (Lipinski definition) is 6. The predicted molar refractivity (Wildman–Crippen MR) is 66.9 cm³/mol. The van der Waals surface area contributed by atoms with Gasteiger partial charge in [-0.2, -0.15) is 5.26 Å². The van der Waals surface area contributed by atoms with Crippen LogP contribution in [-0.2, 0) is 6.54 Å². The molecule has 0 amide bonds. The van der Waals surface area contributed by atoms with Crippen LogP contribution in [0.3, 0.4) is 0 Å². The third kappa shape index (κ3) is 3.22. The molecule has 18 heavy (non-hydrogen) atoms. The van der Waals surface area contributed by atoms with E-state index in [4.69, 9.17) is 9.68 Å². The van der Waals surface area contributed by atoms with Gasteiger partial charge < -0.3 is 15.1 Å². The first kappa shape index (κ1) is 11.9. The summed E-state index contributed by atoms with van der Waals surface area (Å²) in [4.78, 5) is 8.08. The topological polar surface area (TPSA) is 86.8 Å². The third-order valence-corrected chi connectivity index (χ3v) is 2.26. The highest BCUT2D eigenvalue weighted by Gasteiger charge is 2.01. The second kappa shape index (κ2) is 5.68. The van der Waals surface area contributed by atoms with Crippen molar-refractivity contribution in [2.24, 2.45) is 0 Å². The van der Waals surface area contributed by atoms with Crippen molar-refractivity contribution in [2.45, 2.75) is 13.5 Å². The molecule has 0 aliphatic rings. The third-order valence-electron chi connectivity index (χ3n) is 2.26. The summed E-state index contributed by atoms with van der Waals surface area (Å²) >= 11 is 0. The average Bonchev–Trinajstić information content (AvgIpc) is 2.80. The van der Waals surface area contributed by atoms with Gasteiger partial charge in [0, 0.05) is 6.07 Å². The van der Waals surface area contributed by atoms with Gasteiger partial charge in [0.15, 0.2) is 0 Å². The minimum absolute atomic E-state index is 0.216. The van der Waals surface area contributed by atoms with Gasteiger partial charge in [0.25, 0.3) is 0 Å². The van der Waals surface area contributed by atoms with Crippen molar-refractivity contribution in [3.63, 3.8) is 0 Å². The molecule has 0 aliphatic carbocycles. The van der Waals surface area contributed by atoms with E-state index in [-0.39, 0.29) is 6.54 Å². The van der Waals surface area contributed by atoms with E-state index in [0.717, 1.165) is 11.5 Å². The molecule has 0 saturated carbocycles. The Morgan fingerprint density at radius 3 is 2.72 bits per heavy atom. The molecule has 2 N–H and O–H groups in total. The van der Waals surface area contributed by atoms with Crippen LogP contribution >= 0.6 is 0 Å². The lowest BCUT2D eigenvalue weighted by molar-refractivity contribution is 0.490. The van der Waals surface area contributed by atoms with Gasteiger partial charge in [0.2, 0.25) is 0 Å². The lowest BCUT2D eigenvalue weighted by atomic mass is 10.4. The maximum atomic E-state index is 8.47. The highest BCUT2D eigenvalue weighted by atomic mass is 16.3. The summed E-state index contributed by atoms with van der Waals surface area (Å²) in [6, 6.07) is 7.56. The Morgan fingerprint density at radius 1 is 1.28 bits per heavy atom. The standard InChI is InChI=1S/C12H13N5O/c1-9-2-3-10(18-9)7-15-12-6-11(14-5-4-13)16-8-17-12/h2-3,6,8H,5,7H2,1H3,(H2,14,15,16,17). The zero-order valence-electron chi connectivity index (χ0n) is 9.97. The van der Waals surface area contributed by atoms with E-state index < -0.39 is 0 Å². The number of aryl methyl sites for hydroxylation is 1. The van der Waals surface area contributed by atoms with E-state index in [9.17, 15) is 0 Å². The molecule has 2 aromatic heterocycles. The molecule has 0 fully saturated rings. The molecule has 2 aromatic rings. The molecule has 0 bridgehead atoms. The summed E-state index contributed by atoms with van der Waals surface area (Å²) in [5.41, 5.74) is 0. The molecule has 0 aromatic carbocycles. The van der Waals surface area contributed by atoms with E-state index in [1.165, 1.54) is 6.33 Å². The number of nitrogens with one attached hydrogen (secondary N) is 2. The Hall–Kier alpha value is -2.55. The van der Waals surface area contributed by atoms with Gasteiger partial charge in [0.1, 0.15) is 36.0 Å². The average molecular weight is 243 g/mol. The van der Waals surface area contributed by atoms with Crippen LogP contribution in [0.25, 0.3) is 0 Å². The number of rotatable bonds is 5. The molecule has 6 nitrogen and oxygen atoms in total. The van der Waals surface area contributed by atoms with Gasteiger partial charge in [-0.3, -0.25) is 0 Å². The molecule has 0 spiro atoms. The van der Waals surface area contributed by atoms with E-state index in [2.05, 4.69) is 20.6 Å². The Kier molecular flexibility index (Phi) is 3.76. The summed E-state index contributed by atoms with van der Waals surface area (Å²) in [7, 11) is 0. The Labute approximate surface area is 105 Å². The maximum Gasteiger partial charge on any atom is 0.132 e. The Morgan fingerprint density at radius 2 is 2.06 bits per heavy atom. The summed E-state index contributed by atoms with van der Waals surface area (Å²) in [6.07, 6.45) is 1.44. The molecule has 0 aliphatic heterocycles. The fraction of sp³-hybridized carbons (Fsp3) is 0.250. The zero-order valence-corrected chi connectivity index (χ0v) is 9.97. The van der Waals surface area contributed by atoms with Crippen LogP contribution in [0.2, 0.25) is 0 Å². The second-order valence-electron chi connectivity index (χ2n) is 3.67. The van der Waals surface area contributed by atoms with Crippen LogP contribution in [0.1, 0.15) is 11.5 Å². The number of furan rings is 1. The number of nitriles is 1. The van der Waals surface area contributed by atoms with E-state index in [1.807, 2.05) is 25.1 Å². The number of aromatic nitrogens is 2. The largest absolute Gasteiger partial charge is 0.465 e. The van der Waals surface area contributed by atoms with Gasteiger partial charge in [-0.1, -0.05) is 0 Å². The SMILES string of the molecule is Cc1ccc(CNc2cc(NCC#N)ncn2)o1. The molecule has 92 valence electrons. The zero-order chi connectivity index (χ0) is 12.8. The number of nitrogens with zero attached hydrogens (tertiary/aromatic N) is 3. The smallest absolute Gasteiger partial charge is 0.132 e. The minimum Gasteiger partial charge on any atom is -0.465 e. The quantitative estimate of drug-likeness (QED) is 0.780. The van der Waals surface area contributed by atoms with Crippen molar-refractivity contribution in [1.82, 2.24) is 9.97 Å². The predicted octanol–water partition coefficient (Wildman–Crippen LogP) is 1.93. The van der Waals surface area contributed by atoms with Crippen molar-refractivity contribution in [3.05, 3.63) is 36.0 Å². The van der Waals surface area contributed by atoms with Crippen LogP contribution in [0.5, 0.6) is 0 Å². The first-order valence-corrected chi connectivity index (χ1v) is 5.50. The molecule has 0 unspecified atom stereocenters. The van der Waals surface area contributed by atoms with Gasteiger partial charge in [-0.15, -0.1) is 0 Å². The van der Waals surface area contributed by atoms with Gasteiger partial charge in [-0.25, -0.2) is 9.97 Å². The first-order chi connectivity index (χ1) is 8.78. The first-order valence-electron chi connectivity index (χ1n) is 5.50. The molecule has 6 heteroatoms. The molecular weight excluding hydrogens is 230 g/mol. The molecule has 0 atom stereocenters. The monoisotopic (exact) mass is 243 g/mol. The van der Waals surface area contributed by atoms with Crippen molar-refractivity contribution in [2.75, 3.05) is 17.2 Å². The fourth-order valence-electron chi connectivity index (χ4n) is 1.44. The Balaban J connectivity index is 1.95. The lowest BCUT2D eigenvalue weighted by Crippen LogP contribution is -2.04. The molecule has 2 rings (SSSR count). The van der Waals surface area contributed by atoms with Crippen LogP contribution in [0.15, 0.2) is 28.9 Å². The molecule has 0 radical (unpaired) electrons. The molecule has 2 heterocycles. The van der Waals surface area contributed by atoms with Gasteiger partial charge in [-0.05, 0) is 19.1 Å². The van der Waals surface area contributed by atoms with Gasteiger partial charge >= 0.3 is 0 Å². The van der Waals surface area contributed by atoms with E-state index >= 15 is 0 Å². The summed E-state index contributed by atoms with van der Waals surface area (Å²) < 4.78 is 5.44. The number of hydrogen-bond donors (Lipinski definition) is 2. The van der Waals surface area contributed by atoms with Crippen LogP contribution in [0.4, 0.5) is 11.6 Å². The highest BCUT2D eigenvalue weighted by Crippen LogP contribution is 2.11. The fourth-order valence-corrected chi connectivity index (χ4v) is 1.44. The highest BCUT2D eigenvalue weighted by molar-refractivity contribution is 5.46. The van der Waals surface area contributed by atoms with Crippen LogP contribution in [-0.4, -0.2) is 16.5 Å². The molecular formula is C12H13N5O. The van der Waals surface area contributed by atoms with Crippen molar-refractivity contribution in [3.8, 4) is 6.07 Å². The molecule has 0 saturated heterocycles. The van der Waals surface area contributed by atoms with Crippen molar-refractivity contribution in [1.29, 1.82) is 5.26 Å². The lowest BCUT2D eigenvalue weighted by Gasteiger charge is -2.05. The Bertz CT molecular complexity index is 558. The van der Waals surface area contributed by atoms with Crippen molar-refractivity contribution >= 4 is 11.6 Å². The van der Waals surface area contributed by atoms with Crippen LogP contribution in [0, 0.1) is 18.3 Å². The summed E-state index contributed by atoms with van der Waals surface area (Å²) in [5.74, 6) is 3.02. The minimum atomic E-state index is 0.216. The number of anilines is 2. The van der Waals surface area contributed by atoms with Crippen molar-refractivity contribution < 1.29 is 4.42 Å². The summed E-state index contributed by atoms with van der Waals surface area (Å²) in [6.45, 7) is 2.68. The second-order valence-corrected chi connectivity index (χ2v) is 3.67. The van der Waals surface area contributed by atoms with E-state index in [1.54, 1.807) is 6.07 Å². The summed E-state index contributed by atoms with van der Waals surface area (Å²) in [5, 5.41) is 14.5. The van der Waals surface area contributed by atoms with E-state index in [0.29, 0.717) is 18.2 Å². The normalized spacial score (nSPS) is 9.78. The van der Waals surface area contributed by atoms with Crippen LogP contribution < -0.4 is 10.6 Å². The maximum absolute atomic E-state index is 8.47.